The Labute approximate surface area is 99.1 Å². The van der Waals surface area contributed by atoms with Crippen molar-refractivity contribution in [3.63, 3.8) is 0 Å². The standard InChI is InChI=1S/C12H26N2O2/c1-9(2)7-13-10(3)8-14-11(15)16-12(4,5)6/h9-10,13H,7-8H2,1-6H3,(H,14,15). The molecule has 0 heterocycles. The SMILES string of the molecule is CC(C)CNC(C)CNC(=O)OC(C)(C)C. The van der Waals surface area contributed by atoms with Gasteiger partial charge in [-0.3, -0.25) is 0 Å². The lowest BCUT2D eigenvalue weighted by atomic mass is 10.2. The number of amides is 1. The highest BCUT2D eigenvalue weighted by molar-refractivity contribution is 5.67. The molecule has 0 rings (SSSR count). The van der Waals surface area contributed by atoms with E-state index in [0.717, 1.165) is 6.54 Å². The number of hydrogen-bond donors (Lipinski definition) is 2. The van der Waals surface area contributed by atoms with Crippen LogP contribution in [0.5, 0.6) is 0 Å². The predicted molar refractivity (Wildman–Crippen MR) is 66.5 cm³/mol. The van der Waals surface area contributed by atoms with E-state index in [1.165, 1.54) is 0 Å². The lowest BCUT2D eigenvalue weighted by Gasteiger charge is -2.21. The summed E-state index contributed by atoms with van der Waals surface area (Å²) < 4.78 is 5.14. The van der Waals surface area contributed by atoms with Crippen molar-refractivity contribution in [1.82, 2.24) is 10.6 Å². The minimum absolute atomic E-state index is 0.259. The maximum atomic E-state index is 11.3. The van der Waals surface area contributed by atoms with Crippen molar-refractivity contribution in [3.05, 3.63) is 0 Å². The number of ether oxygens (including phenoxy) is 1. The lowest BCUT2D eigenvalue weighted by Crippen LogP contribution is -2.42. The summed E-state index contributed by atoms with van der Waals surface area (Å²) >= 11 is 0. The number of hydrogen-bond acceptors (Lipinski definition) is 3. The Kier molecular flexibility index (Phi) is 6.41. The third-order valence-corrected chi connectivity index (χ3v) is 1.83. The van der Waals surface area contributed by atoms with Crippen LogP contribution in [0.3, 0.4) is 0 Å². The Bertz CT molecular complexity index is 210. The summed E-state index contributed by atoms with van der Waals surface area (Å²) in [6.45, 7) is 13.5. The maximum absolute atomic E-state index is 11.3. The predicted octanol–water partition coefficient (Wildman–Crippen LogP) is 2.15. The van der Waals surface area contributed by atoms with Crippen LogP contribution in [-0.2, 0) is 4.74 Å². The van der Waals surface area contributed by atoms with Crippen molar-refractivity contribution < 1.29 is 9.53 Å². The van der Waals surface area contributed by atoms with E-state index < -0.39 is 5.60 Å². The summed E-state index contributed by atoms with van der Waals surface area (Å²) in [7, 11) is 0. The van der Waals surface area contributed by atoms with Crippen molar-refractivity contribution in [2.24, 2.45) is 5.92 Å². The largest absolute Gasteiger partial charge is 0.444 e. The molecule has 4 heteroatoms. The van der Waals surface area contributed by atoms with Crippen molar-refractivity contribution >= 4 is 6.09 Å². The molecular weight excluding hydrogens is 204 g/mol. The number of rotatable bonds is 5. The molecule has 0 spiro atoms. The molecule has 4 nitrogen and oxygen atoms in total. The van der Waals surface area contributed by atoms with Gasteiger partial charge in [0.1, 0.15) is 5.60 Å². The van der Waals surface area contributed by atoms with Gasteiger partial charge >= 0.3 is 6.09 Å². The molecule has 0 saturated heterocycles. The molecule has 0 bridgehead atoms. The third-order valence-electron chi connectivity index (χ3n) is 1.83. The van der Waals surface area contributed by atoms with E-state index in [2.05, 4.69) is 24.5 Å². The second kappa shape index (κ2) is 6.74. The first kappa shape index (κ1) is 15.2. The van der Waals surface area contributed by atoms with Crippen LogP contribution in [0.4, 0.5) is 4.79 Å². The Morgan fingerprint density at radius 1 is 1.19 bits per heavy atom. The van der Waals surface area contributed by atoms with Gasteiger partial charge < -0.3 is 15.4 Å². The molecule has 96 valence electrons. The van der Waals surface area contributed by atoms with E-state index in [-0.39, 0.29) is 12.1 Å². The smallest absolute Gasteiger partial charge is 0.407 e. The first-order chi connectivity index (χ1) is 7.20. The van der Waals surface area contributed by atoms with Gasteiger partial charge in [0.05, 0.1) is 0 Å². The fourth-order valence-corrected chi connectivity index (χ4v) is 1.06. The van der Waals surface area contributed by atoms with E-state index >= 15 is 0 Å². The van der Waals surface area contributed by atoms with E-state index in [9.17, 15) is 4.79 Å². The molecular formula is C12H26N2O2. The second-order valence-electron chi connectivity index (χ2n) is 5.59. The number of nitrogens with one attached hydrogen (secondary N) is 2. The Morgan fingerprint density at radius 2 is 1.75 bits per heavy atom. The molecule has 0 aromatic rings. The zero-order valence-corrected chi connectivity index (χ0v) is 11.4. The third kappa shape index (κ3) is 9.77. The average molecular weight is 230 g/mol. The highest BCUT2D eigenvalue weighted by atomic mass is 16.6. The molecule has 1 amide bonds. The number of carbonyl (C=O) groups excluding carboxylic acids is 1. The highest BCUT2D eigenvalue weighted by Crippen LogP contribution is 2.06. The van der Waals surface area contributed by atoms with E-state index in [1.807, 2.05) is 27.7 Å². The van der Waals surface area contributed by atoms with Crippen LogP contribution < -0.4 is 10.6 Å². The van der Waals surface area contributed by atoms with Gasteiger partial charge in [0, 0.05) is 12.6 Å². The molecule has 0 saturated carbocycles. The van der Waals surface area contributed by atoms with Gasteiger partial charge in [-0.15, -0.1) is 0 Å². The van der Waals surface area contributed by atoms with Crippen LogP contribution in [0.1, 0.15) is 41.5 Å². The van der Waals surface area contributed by atoms with Gasteiger partial charge in [0.15, 0.2) is 0 Å². The summed E-state index contributed by atoms with van der Waals surface area (Å²) in [5.41, 5.74) is -0.432. The molecule has 0 aliphatic carbocycles. The van der Waals surface area contributed by atoms with Crippen LogP contribution in [0, 0.1) is 5.92 Å². The second-order valence-corrected chi connectivity index (χ2v) is 5.59. The molecule has 2 N–H and O–H groups in total. The molecule has 16 heavy (non-hydrogen) atoms. The summed E-state index contributed by atoms with van der Waals surface area (Å²) in [5.74, 6) is 0.615. The zero-order chi connectivity index (χ0) is 12.8. The van der Waals surface area contributed by atoms with E-state index in [0.29, 0.717) is 12.5 Å². The van der Waals surface area contributed by atoms with Crippen LogP contribution >= 0.6 is 0 Å². The minimum Gasteiger partial charge on any atom is -0.444 e. The summed E-state index contributed by atoms with van der Waals surface area (Å²) in [4.78, 5) is 11.3. The van der Waals surface area contributed by atoms with Gasteiger partial charge in [0.25, 0.3) is 0 Å². The molecule has 0 fully saturated rings. The molecule has 0 aliphatic heterocycles. The first-order valence-electron chi connectivity index (χ1n) is 5.91. The summed E-state index contributed by atoms with van der Waals surface area (Å²) in [5, 5.41) is 6.07. The topological polar surface area (TPSA) is 50.4 Å². The van der Waals surface area contributed by atoms with Gasteiger partial charge in [-0.25, -0.2) is 4.79 Å². The van der Waals surface area contributed by atoms with Gasteiger partial charge in [-0.05, 0) is 40.2 Å². The van der Waals surface area contributed by atoms with E-state index in [4.69, 9.17) is 4.74 Å². The van der Waals surface area contributed by atoms with Crippen LogP contribution in [0.25, 0.3) is 0 Å². The molecule has 1 atom stereocenters. The monoisotopic (exact) mass is 230 g/mol. The molecule has 0 aromatic carbocycles. The average Bonchev–Trinajstić information content (AvgIpc) is 2.08. The number of carbonyl (C=O) groups is 1. The Balaban J connectivity index is 3.67. The van der Waals surface area contributed by atoms with Gasteiger partial charge in [0.2, 0.25) is 0 Å². The molecule has 0 aliphatic rings. The van der Waals surface area contributed by atoms with Crippen molar-refractivity contribution in [3.8, 4) is 0 Å². The zero-order valence-electron chi connectivity index (χ0n) is 11.4. The Morgan fingerprint density at radius 3 is 2.19 bits per heavy atom. The highest BCUT2D eigenvalue weighted by Gasteiger charge is 2.16. The first-order valence-corrected chi connectivity index (χ1v) is 5.91. The van der Waals surface area contributed by atoms with Gasteiger partial charge in [-0.1, -0.05) is 13.8 Å². The number of alkyl carbamates (subject to hydrolysis) is 1. The molecule has 0 radical (unpaired) electrons. The fraction of sp³-hybridized carbons (Fsp3) is 0.917. The van der Waals surface area contributed by atoms with Crippen LogP contribution in [0.15, 0.2) is 0 Å². The van der Waals surface area contributed by atoms with Crippen LogP contribution in [0.2, 0.25) is 0 Å². The normalized spacial score (nSPS) is 13.7. The maximum Gasteiger partial charge on any atom is 0.407 e. The lowest BCUT2D eigenvalue weighted by molar-refractivity contribution is 0.0523. The van der Waals surface area contributed by atoms with Crippen molar-refractivity contribution in [2.45, 2.75) is 53.2 Å². The van der Waals surface area contributed by atoms with Crippen LogP contribution in [-0.4, -0.2) is 30.8 Å². The Hall–Kier alpha value is -0.770. The van der Waals surface area contributed by atoms with Crippen molar-refractivity contribution in [1.29, 1.82) is 0 Å². The molecule has 0 aromatic heterocycles. The minimum atomic E-state index is -0.432. The van der Waals surface area contributed by atoms with E-state index in [1.54, 1.807) is 0 Å². The van der Waals surface area contributed by atoms with Gasteiger partial charge in [-0.2, -0.15) is 0 Å². The fourth-order valence-electron chi connectivity index (χ4n) is 1.06. The quantitative estimate of drug-likeness (QED) is 0.761. The molecule has 1 unspecified atom stereocenters. The van der Waals surface area contributed by atoms with Crippen molar-refractivity contribution in [2.75, 3.05) is 13.1 Å². The summed E-state index contributed by atoms with van der Waals surface area (Å²) in [6, 6.07) is 0.259. The summed E-state index contributed by atoms with van der Waals surface area (Å²) in [6.07, 6.45) is -0.356.